The van der Waals surface area contributed by atoms with Crippen LogP contribution in [0.5, 0.6) is 11.5 Å². The summed E-state index contributed by atoms with van der Waals surface area (Å²) in [6.45, 7) is 0.837. The second kappa shape index (κ2) is 7.25. The third kappa shape index (κ3) is 3.28. The number of carbonyl (C=O) groups excluding carboxylic acids is 3. The molecule has 8 heteroatoms. The summed E-state index contributed by atoms with van der Waals surface area (Å²) in [4.78, 5) is 37.1. The number of benzene rings is 1. The van der Waals surface area contributed by atoms with Crippen LogP contribution in [0.15, 0.2) is 29.5 Å². The molecular formula is C17H19NO7. The Hall–Kier alpha value is -3.03. The van der Waals surface area contributed by atoms with Gasteiger partial charge in [-0.05, 0) is 24.6 Å². The third-order valence-electron chi connectivity index (χ3n) is 3.93. The molecule has 1 N–H and O–H groups in total. The Balaban J connectivity index is 2.56. The first kappa shape index (κ1) is 18.3. The zero-order valence-corrected chi connectivity index (χ0v) is 14.4. The smallest absolute Gasteiger partial charge is 0.325 e. The van der Waals surface area contributed by atoms with Crippen LogP contribution in [0.2, 0.25) is 0 Å². The normalized spacial score (nSPS) is 16.9. The van der Waals surface area contributed by atoms with Crippen LogP contribution in [-0.2, 0) is 19.1 Å². The Kier molecular flexibility index (Phi) is 5.31. The van der Waals surface area contributed by atoms with Gasteiger partial charge in [0.1, 0.15) is 6.54 Å². The van der Waals surface area contributed by atoms with Gasteiger partial charge in [-0.3, -0.25) is 14.4 Å². The van der Waals surface area contributed by atoms with Gasteiger partial charge in [0.25, 0.3) is 5.91 Å². The molecular weight excluding hydrogens is 330 g/mol. The number of Topliss-reactive ketones (excluding diaryl/α,β-unsaturated/α-hetero) is 1. The number of methoxy groups -OCH3 is 3. The van der Waals surface area contributed by atoms with Crippen molar-refractivity contribution in [2.75, 3.05) is 27.9 Å². The molecule has 0 radical (unpaired) electrons. The highest BCUT2D eigenvalue weighted by molar-refractivity contribution is 6.08. The van der Waals surface area contributed by atoms with E-state index in [0.717, 1.165) is 4.90 Å². The van der Waals surface area contributed by atoms with E-state index in [1.807, 2.05) is 0 Å². The van der Waals surface area contributed by atoms with E-state index in [9.17, 15) is 19.5 Å². The average Bonchev–Trinajstić information content (AvgIpc) is 2.85. The molecule has 1 amide bonds. The molecule has 2 rings (SSSR count). The Bertz CT molecular complexity index is 753. The van der Waals surface area contributed by atoms with Crippen LogP contribution < -0.4 is 9.47 Å². The van der Waals surface area contributed by atoms with Gasteiger partial charge in [0.05, 0.1) is 32.9 Å². The molecule has 1 aromatic rings. The fourth-order valence-corrected chi connectivity index (χ4v) is 2.75. The number of hydrogen-bond donors (Lipinski definition) is 1. The Morgan fingerprint density at radius 1 is 1.16 bits per heavy atom. The van der Waals surface area contributed by atoms with E-state index in [0.29, 0.717) is 17.1 Å². The Labute approximate surface area is 144 Å². The minimum Gasteiger partial charge on any atom is -0.503 e. The summed E-state index contributed by atoms with van der Waals surface area (Å²) in [5.41, 5.74) is 0.408. The fraction of sp³-hybridized carbons (Fsp3) is 0.353. The average molecular weight is 349 g/mol. The maximum atomic E-state index is 12.3. The minimum atomic E-state index is -0.927. The zero-order chi connectivity index (χ0) is 18.7. The molecule has 0 aromatic heterocycles. The lowest BCUT2D eigenvalue weighted by Crippen LogP contribution is -2.36. The molecule has 0 spiro atoms. The quantitative estimate of drug-likeness (QED) is 0.769. The highest BCUT2D eigenvalue weighted by atomic mass is 16.5. The highest BCUT2D eigenvalue weighted by Gasteiger charge is 2.43. The maximum Gasteiger partial charge on any atom is 0.325 e. The van der Waals surface area contributed by atoms with Crippen LogP contribution in [-0.4, -0.2) is 55.5 Å². The van der Waals surface area contributed by atoms with Gasteiger partial charge in [0.15, 0.2) is 23.0 Å². The molecule has 134 valence electrons. The SMILES string of the molecule is COC(=O)CN1C(=O)C(O)=C(C(C)=O)[C@H]1c1ccc(OC)c(OC)c1. The summed E-state index contributed by atoms with van der Waals surface area (Å²) in [6.07, 6.45) is 0. The molecule has 0 saturated heterocycles. The molecule has 25 heavy (non-hydrogen) atoms. The first-order valence-electron chi connectivity index (χ1n) is 7.39. The number of hydrogen-bond acceptors (Lipinski definition) is 7. The van der Waals surface area contributed by atoms with Crippen molar-refractivity contribution in [3.63, 3.8) is 0 Å². The van der Waals surface area contributed by atoms with Crippen molar-refractivity contribution in [2.45, 2.75) is 13.0 Å². The minimum absolute atomic E-state index is 0.0823. The standard InChI is InChI=1S/C17H19NO7/c1-9(19)14-15(10-5-6-11(23-2)12(7-10)24-3)18(8-13(20)25-4)17(22)16(14)21/h5-7,15,21H,8H2,1-4H3/t15-/m1/s1. The van der Waals surface area contributed by atoms with E-state index in [4.69, 9.17) is 9.47 Å². The van der Waals surface area contributed by atoms with Gasteiger partial charge in [-0.25, -0.2) is 0 Å². The van der Waals surface area contributed by atoms with Crippen LogP contribution in [0.4, 0.5) is 0 Å². The van der Waals surface area contributed by atoms with Crippen molar-refractivity contribution < 1.29 is 33.7 Å². The number of aliphatic hydroxyl groups excluding tert-OH is 1. The number of esters is 1. The van der Waals surface area contributed by atoms with E-state index < -0.39 is 36.0 Å². The number of nitrogens with zero attached hydrogens (tertiary/aromatic N) is 1. The molecule has 1 aromatic carbocycles. The van der Waals surface area contributed by atoms with E-state index in [1.54, 1.807) is 18.2 Å². The number of aliphatic hydroxyl groups is 1. The summed E-state index contributed by atoms with van der Waals surface area (Å²) in [5.74, 6) is -1.77. The van der Waals surface area contributed by atoms with Crippen LogP contribution in [0.1, 0.15) is 18.5 Å². The largest absolute Gasteiger partial charge is 0.503 e. The number of rotatable bonds is 6. The zero-order valence-electron chi connectivity index (χ0n) is 14.4. The van der Waals surface area contributed by atoms with Crippen molar-refractivity contribution in [3.8, 4) is 11.5 Å². The molecule has 8 nitrogen and oxygen atoms in total. The second-order valence-corrected chi connectivity index (χ2v) is 5.34. The van der Waals surface area contributed by atoms with Gasteiger partial charge >= 0.3 is 5.97 Å². The van der Waals surface area contributed by atoms with Gasteiger partial charge in [0, 0.05) is 0 Å². The first-order valence-corrected chi connectivity index (χ1v) is 7.39. The van der Waals surface area contributed by atoms with E-state index in [-0.39, 0.29) is 5.57 Å². The van der Waals surface area contributed by atoms with Crippen molar-refractivity contribution in [1.82, 2.24) is 4.90 Å². The monoisotopic (exact) mass is 349 g/mol. The highest BCUT2D eigenvalue weighted by Crippen LogP contribution is 2.40. The topological polar surface area (TPSA) is 102 Å². The Morgan fingerprint density at radius 3 is 2.32 bits per heavy atom. The predicted molar refractivity (Wildman–Crippen MR) is 86.4 cm³/mol. The summed E-state index contributed by atoms with van der Waals surface area (Å²) in [5, 5.41) is 10.1. The summed E-state index contributed by atoms with van der Waals surface area (Å²) in [7, 11) is 4.12. The van der Waals surface area contributed by atoms with E-state index >= 15 is 0 Å². The van der Waals surface area contributed by atoms with E-state index in [2.05, 4.69) is 4.74 Å². The molecule has 0 unspecified atom stereocenters. The number of ether oxygens (including phenoxy) is 3. The summed E-state index contributed by atoms with van der Waals surface area (Å²) >= 11 is 0. The lowest BCUT2D eigenvalue weighted by Gasteiger charge is -2.26. The summed E-state index contributed by atoms with van der Waals surface area (Å²) in [6, 6.07) is 3.90. The van der Waals surface area contributed by atoms with Gasteiger partial charge in [-0.15, -0.1) is 0 Å². The van der Waals surface area contributed by atoms with Crippen LogP contribution in [0.3, 0.4) is 0 Å². The fourth-order valence-electron chi connectivity index (χ4n) is 2.75. The van der Waals surface area contributed by atoms with Crippen molar-refractivity contribution in [3.05, 3.63) is 35.1 Å². The second-order valence-electron chi connectivity index (χ2n) is 5.34. The predicted octanol–water partition coefficient (Wildman–Crippen LogP) is 1.16. The molecule has 1 aliphatic rings. The number of amides is 1. The van der Waals surface area contributed by atoms with Crippen molar-refractivity contribution in [1.29, 1.82) is 0 Å². The molecule has 1 heterocycles. The number of carbonyl (C=O) groups is 3. The molecule has 1 atom stereocenters. The van der Waals surface area contributed by atoms with Gasteiger partial charge in [0.2, 0.25) is 0 Å². The van der Waals surface area contributed by atoms with Gasteiger partial charge < -0.3 is 24.2 Å². The van der Waals surface area contributed by atoms with Gasteiger partial charge in [-0.2, -0.15) is 0 Å². The molecule has 0 fully saturated rings. The van der Waals surface area contributed by atoms with Gasteiger partial charge in [-0.1, -0.05) is 6.07 Å². The van der Waals surface area contributed by atoms with Crippen LogP contribution in [0.25, 0.3) is 0 Å². The first-order chi connectivity index (χ1) is 11.8. The molecule has 0 bridgehead atoms. The van der Waals surface area contributed by atoms with Crippen molar-refractivity contribution >= 4 is 17.7 Å². The van der Waals surface area contributed by atoms with Crippen LogP contribution in [0, 0.1) is 0 Å². The third-order valence-corrected chi connectivity index (χ3v) is 3.93. The van der Waals surface area contributed by atoms with E-state index in [1.165, 1.54) is 28.3 Å². The number of ketones is 1. The maximum absolute atomic E-state index is 12.3. The lowest BCUT2D eigenvalue weighted by molar-refractivity contribution is -0.146. The Morgan fingerprint density at radius 2 is 1.80 bits per heavy atom. The van der Waals surface area contributed by atoms with Crippen LogP contribution >= 0.6 is 0 Å². The molecule has 0 aliphatic carbocycles. The van der Waals surface area contributed by atoms with Crippen molar-refractivity contribution in [2.24, 2.45) is 0 Å². The molecule has 1 aliphatic heterocycles. The summed E-state index contributed by atoms with van der Waals surface area (Å²) < 4.78 is 15.0. The molecule has 0 saturated carbocycles. The lowest BCUT2D eigenvalue weighted by atomic mass is 9.96.